The van der Waals surface area contributed by atoms with Gasteiger partial charge >= 0.3 is 5.97 Å². The summed E-state index contributed by atoms with van der Waals surface area (Å²) in [5.74, 6) is 0.801. The summed E-state index contributed by atoms with van der Waals surface area (Å²) in [5, 5.41) is 0. The van der Waals surface area contributed by atoms with Gasteiger partial charge in [-0.25, -0.2) is 0 Å². The highest BCUT2D eigenvalue weighted by Gasteiger charge is 2.43. The zero-order valence-electron chi connectivity index (χ0n) is 8.32. The van der Waals surface area contributed by atoms with Crippen molar-refractivity contribution in [3.8, 4) is 0 Å². The fraction of sp³-hybridized carbons (Fsp3) is 0.900. The standard InChI is InChI=1S/C10H17NO2/c1-7-5-8(6-7)11-4-3-9(11)10(12)13-2/h7-9H,3-6H2,1-2H3. The number of nitrogens with zero attached hydrogens (tertiary/aromatic N) is 1. The lowest BCUT2D eigenvalue weighted by Crippen LogP contribution is -2.60. The minimum absolute atomic E-state index is 0.0502. The van der Waals surface area contributed by atoms with E-state index in [1.807, 2.05) is 0 Å². The maximum atomic E-state index is 11.3. The number of ether oxygens (including phenoxy) is 1. The molecule has 1 saturated carbocycles. The van der Waals surface area contributed by atoms with Crippen molar-refractivity contribution in [1.29, 1.82) is 0 Å². The lowest BCUT2D eigenvalue weighted by molar-refractivity contribution is -0.156. The predicted octanol–water partition coefficient (Wildman–Crippen LogP) is 1.03. The third kappa shape index (κ3) is 1.46. The molecule has 0 aromatic carbocycles. The first-order valence-electron chi connectivity index (χ1n) is 5.06. The molecule has 0 bridgehead atoms. The van der Waals surface area contributed by atoms with Gasteiger partial charge in [-0.1, -0.05) is 6.92 Å². The molecule has 3 heteroatoms. The van der Waals surface area contributed by atoms with E-state index in [-0.39, 0.29) is 12.0 Å². The summed E-state index contributed by atoms with van der Waals surface area (Å²) < 4.78 is 4.75. The highest BCUT2D eigenvalue weighted by atomic mass is 16.5. The van der Waals surface area contributed by atoms with Crippen LogP contribution in [0, 0.1) is 5.92 Å². The molecule has 0 radical (unpaired) electrons. The molecule has 1 saturated heterocycles. The van der Waals surface area contributed by atoms with Gasteiger partial charge in [-0.15, -0.1) is 0 Å². The molecular formula is C10H17NO2. The second-order valence-electron chi connectivity index (χ2n) is 4.30. The van der Waals surface area contributed by atoms with E-state index in [1.165, 1.54) is 20.0 Å². The fourth-order valence-corrected chi connectivity index (χ4v) is 2.36. The quantitative estimate of drug-likeness (QED) is 0.599. The smallest absolute Gasteiger partial charge is 0.323 e. The van der Waals surface area contributed by atoms with Crippen LogP contribution in [0.2, 0.25) is 0 Å². The minimum atomic E-state index is -0.0502. The van der Waals surface area contributed by atoms with Gasteiger partial charge in [-0.3, -0.25) is 9.69 Å². The molecule has 1 unspecified atom stereocenters. The van der Waals surface area contributed by atoms with Crippen molar-refractivity contribution in [2.45, 2.75) is 38.3 Å². The van der Waals surface area contributed by atoms with Crippen LogP contribution < -0.4 is 0 Å². The summed E-state index contributed by atoms with van der Waals surface area (Å²) in [6.45, 7) is 3.35. The van der Waals surface area contributed by atoms with Gasteiger partial charge < -0.3 is 4.74 Å². The Morgan fingerprint density at radius 3 is 2.54 bits per heavy atom. The van der Waals surface area contributed by atoms with Gasteiger partial charge in [0, 0.05) is 12.6 Å². The average molecular weight is 183 g/mol. The van der Waals surface area contributed by atoms with Gasteiger partial charge in [0.2, 0.25) is 0 Å². The highest BCUT2D eigenvalue weighted by molar-refractivity contribution is 5.76. The number of hydrogen-bond acceptors (Lipinski definition) is 3. The maximum Gasteiger partial charge on any atom is 0.323 e. The van der Waals surface area contributed by atoms with E-state index in [0.29, 0.717) is 6.04 Å². The average Bonchev–Trinajstić information content (AvgIpc) is 1.99. The number of hydrogen-bond donors (Lipinski definition) is 0. The first kappa shape index (κ1) is 9.00. The number of likely N-dealkylation sites (tertiary alicyclic amines) is 1. The van der Waals surface area contributed by atoms with Crippen molar-refractivity contribution in [3.63, 3.8) is 0 Å². The van der Waals surface area contributed by atoms with Crippen LogP contribution in [-0.4, -0.2) is 36.6 Å². The Morgan fingerprint density at radius 1 is 1.46 bits per heavy atom. The molecule has 2 rings (SSSR count). The molecule has 1 heterocycles. The number of carbonyl (C=O) groups is 1. The number of esters is 1. The summed E-state index contributed by atoms with van der Waals surface area (Å²) in [6, 6.07) is 0.732. The summed E-state index contributed by atoms with van der Waals surface area (Å²) >= 11 is 0. The van der Waals surface area contributed by atoms with Crippen molar-refractivity contribution < 1.29 is 9.53 Å². The zero-order chi connectivity index (χ0) is 9.42. The Kier molecular flexibility index (Phi) is 2.28. The van der Waals surface area contributed by atoms with Gasteiger partial charge in [0.05, 0.1) is 7.11 Å². The Hall–Kier alpha value is -0.570. The topological polar surface area (TPSA) is 29.5 Å². The van der Waals surface area contributed by atoms with Crippen LogP contribution in [0.1, 0.15) is 26.2 Å². The predicted molar refractivity (Wildman–Crippen MR) is 49.3 cm³/mol. The SMILES string of the molecule is COC(=O)C1CCN1C1CC(C)C1. The molecule has 13 heavy (non-hydrogen) atoms. The maximum absolute atomic E-state index is 11.3. The third-order valence-electron chi connectivity index (χ3n) is 3.35. The molecule has 1 aliphatic carbocycles. The van der Waals surface area contributed by atoms with Gasteiger partial charge in [-0.05, 0) is 25.2 Å². The molecule has 74 valence electrons. The van der Waals surface area contributed by atoms with Crippen molar-refractivity contribution in [2.75, 3.05) is 13.7 Å². The summed E-state index contributed by atoms with van der Waals surface area (Å²) in [4.78, 5) is 13.6. The molecule has 1 aliphatic heterocycles. The first-order valence-corrected chi connectivity index (χ1v) is 5.06. The van der Waals surface area contributed by atoms with Gasteiger partial charge in [0.25, 0.3) is 0 Å². The second-order valence-corrected chi connectivity index (χ2v) is 4.30. The third-order valence-corrected chi connectivity index (χ3v) is 3.35. The molecule has 0 spiro atoms. The van der Waals surface area contributed by atoms with E-state index < -0.39 is 0 Å². The molecule has 0 N–H and O–H groups in total. The van der Waals surface area contributed by atoms with E-state index in [1.54, 1.807) is 0 Å². The summed E-state index contributed by atoms with van der Waals surface area (Å²) in [6.07, 6.45) is 3.50. The molecule has 0 aromatic rings. The molecule has 0 aromatic heterocycles. The Morgan fingerprint density at radius 2 is 2.15 bits per heavy atom. The second kappa shape index (κ2) is 3.29. The molecule has 2 aliphatic rings. The van der Waals surface area contributed by atoms with Crippen molar-refractivity contribution >= 4 is 5.97 Å². The minimum Gasteiger partial charge on any atom is -0.468 e. The summed E-state index contributed by atoms with van der Waals surface area (Å²) in [7, 11) is 1.47. The lowest BCUT2D eigenvalue weighted by atomic mass is 9.78. The van der Waals surface area contributed by atoms with Crippen molar-refractivity contribution in [3.05, 3.63) is 0 Å². The van der Waals surface area contributed by atoms with Crippen molar-refractivity contribution in [1.82, 2.24) is 4.90 Å². The van der Waals surface area contributed by atoms with Crippen LogP contribution in [0.3, 0.4) is 0 Å². The number of methoxy groups -OCH3 is 1. The fourth-order valence-electron chi connectivity index (χ4n) is 2.36. The molecule has 1 atom stereocenters. The van der Waals surface area contributed by atoms with Crippen LogP contribution >= 0.6 is 0 Å². The van der Waals surface area contributed by atoms with E-state index in [9.17, 15) is 4.79 Å². The van der Waals surface area contributed by atoms with Crippen LogP contribution in [0.15, 0.2) is 0 Å². The summed E-state index contributed by atoms with van der Waals surface area (Å²) in [5.41, 5.74) is 0. The normalized spacial score (nSPS) is 39.1. The van der Waals surface area contributed by atoms with Gasteiger partial charge in [0.1, 0.15) is 6.04 Å². The molecular weight excluding hydrogens is 166 g/mol. The van der Waals surface area contributed by atoms with E-state index in [4.69, 9.17) is 4.74 Å². The van der Waals surface area contributed by atoms with Crippen LogP contribution in [0.25, 0.3) is 0 Å². The van der Waals surface area contributed by atoms with Crippen LogP contribution in [0.5, 0.6) is 0 Å². The Bertz CT molecular complexity index is 211. The number of carbonyl (C=O) groups excluding carboxylic acids is 1. The molecule has 0 amide bonds. The monoisotopic (exact) mass is 183 g/mol. The number of rotatable bonds is 2. The zero-order valence-corrected chi connectivity index (χ0v) is 8.32. The van der Waals surface area contributed by atoms with E-state index >= 15 is 0 Å². The van der Waals surface area contributed by atoms with Gasteiger partial charge in [0.15, 0.2) is 0 Å². The Balaban J connectivity index is 1.84. The molecule has 3 nitrogen and oxygen atoms in total. The first-order chi connectivity index (χ1) is 6.22. The highest BCUT2D eigenvalue weighted by Crippen LogP contribution is 2.36. The van der Waals surface area contributed by atoms with Crippen LogP contribution in [-0.2, 0) is 9.53 Å². The lowest BCUT2D eigenvalue weighted by Gasteiger charge is -2.50. The Labute approximate surface area is 79.0 Å². The largest absolute Gasteiger partial charge is 0.468 e. The van der Waals surface area contributed by atoms with E-state index in [0.717, 1.165) is 18.9 Å². The van der Waals surface area contributed by atoms with Crippen molar-refractivity contribution in [2.24, 2.45) is 5.92 Å². The van der Waals surface area contributed by atoms with Crippen LogP contribution in [0.4, 0.5) is 0 Å². The van der Waals surface area contributed by atoms with Gasteiger partial charge in [-0.2, -0.15) is 0 Å². The molecule has 2 fully saturated rings. The van der Waals surface area contributed by atoms with E-state index in [2.05, 4.69) is 11.8 Å².